The molecule has 0 aromatic carbocycles. The summed E-state index contributed by atoms with van der Waals surface area (Å²) in [5, 5.41) is 0. The van der Waals surface area contributed by atoms with Gasteiger partial charge in [0.2, 0.25) is 33.1 Å². The summed E-state index contributed by atoms with van der Waals surface area (Å²) < 4.78 is 64.7. The summed E-state index contributed by atoms with van der Waals surface area (Å²) in [4.78, 5) is 5.65. The van der Waals surface area contributed by atoms with E-state index in [1.807, 2.05) is 0 Å². The smallest absolute Gasteiger partial charge is 0.217 e. The quantitative estimate of drug-likeness (QED) is 0.255. The van der Waals surface area contributed by atoms with Crippen LogP contribution in [0.15, 0.2) is 0 Å². The summed E-state index contributed by atoms with van der Waals surface area (Å²) in [6, 6.07) is 0. The van der Waals surface area contributed by atoms with Crippen molar-refractivity contribution in [2.24, 2.45) is 0 Å². The van der Waals surface area contributed by atoms with E-state index in [4.69, 9.17) is 0 Å². The zero-order chi connectivity index (χ0) is 22.8. The van der Waals surface area contributed by atoms with Crippen molar-refractivity contribution in [3.05, 3.63) is 0 Å². The van der Waals surface area contributed by atoms with Crippen molar-refractivity contribution < 1.29 is 43.3 Å². The van der Waals surface area contributed by atoms with Gasteiger partial charge in [0.1, 0.15) is 0 Å². The van der Waals surface area contributed by atoms with Crippen LogP contribution in [0.25, 0.3) is 0 Å². The standard InChI is InChI=1S/C14H28N4.2CH4O4S/c1-17-9-3-5-15-8-12-18(2)10-4-6-16(7-11-17)14(18)13(15)17;2*1-5-6(2,3)4/h13-14H,3-12H2,1-2H3;2*1H3,(H,2,3,4)/q+2;;/p-2/t13-,14-,17?,18?;;/m1../s1. The Morgan fingerprint density at radius 1 is 0.700 bits per heavy atom. The van der Waals surface area contributed by atoms with E-state index in [0.29, 0.717) is 0 Å². The number of likely N-dealkylation sites (N-methyl/N-ethyl adjacent to an activating group) is 2. The Morgan fingerprint density at radius 3 is 1.27 bits per heavy atom. The maximum Gasteiger partial charge on any atom is 0.217 e. The molecule has 4 atom stereocenters. The van der Waals surface area contributed by atoms with E-state index in [1.54, 1.807) is 0 Å². The van der Waals surface area contributed by atoms with Gasteiger partial charge in [-0.05, 0) is 0 Å². The average molecular weight is 475 g/mol. The number of nitrogens with zero attached hydrogens (tertiary/aromatic N) is 4. The van der Waals surface area contributed by atoms with E-state index in [9.17, 15) is 25.9 Å². The topological polar surface area (TPSA) is 139 Å². The average Bonchev–Trinajstić information content (AvgIpc) is 2.66. The van der Waals surface area contributed by atoms with Gasteiger partial charge in [0.15, 0.2) is 0 Å². The van der Waals surface area contributed by atoms with Crippen LogP contribution >= 0.6 is 0 Å². The predicted molar refractivity (Wildman–Crippen MR) is 105 cm³/mol. The molecule has 0 amide bonds. The largest absolute Gasteiger partial charge is 0.726 e. The van der Waals surface area contributed by atoms with E-state index in [0.717, 1.165) is 26.6 Å². The zero-order valence-corrected chi connectivity index (χ0v) is 19.7. The van der Waals surface area contributed by atoms with Crippen molar-refractivity contribution >= 4 is 20.8 Å². The lowest BCUT2D eigenvalue weighted by atomic mass is 9.96. The summed E-state index contributed by atoms with van der Waals surface area (Å²) in [5.74, 6) is 0. The summed E-state index contributed by atoms with van der Waals surface area (Å²) >= 11 is 0. The van der Waals surface area contributed by atoms with Crippen LogP contribution in [0, 0.1) is 0 Å². The summed E-state index contributed by atoms with van der Waals surface area (Å²) in [5.41, 5.74) is 0. The van der Waals surface area contributed by atoms with Gasteiger partial charge in [-0.15, -0.1) is 0 Å². The molecule has 4 rings (SSSR count). The Bertz CT molecular complexity index is 729. The molecule has 0 bridgehead atoms. The minimum Gasteiger partial charge on any atom is -0.726 e. The molecule has 4 aliphatic heterocycles. The zero-order valence-electron chi connectivity index (χ0n) is 18.1. The Labute approximate surface area is 180 Å². The fourth-order valence-electron chi connectivity index (χ4n) is 5.30. The maximum atomic E-state index is 9.22. The van der Waals surface area contributed by atoms with Gasteiger partial charge in [0.25, 0.3) is 0 Å². The van der Waals surface area contributed by atoms with Gasteiger partial charge in [-0.1, -0.05) is 0 Å². The molecule has 12 nitrogen and oxygen atoms in total. The summed E-state index contributed by atoms with van der Waals surface area (Å²) in [6.45, 7) is 10.9. The number of piperazine rings is 2. The lowest BCUT2D eigenvalue weighted by molar-refractivity contribution is -1.04. The van der Waals surface area contributed by atoms with Crippen molar-refractivity contribution in [2.45, 2.75) is 25.2 Å². The molecule has 30 heavy (non-hydrogen) atoms. The lowest BCUT2D eigenvalue weighted by Crippen LogP contribution is -2.86. The molecule has 4 heterocycles. The molecular formula is C16H34N4O8S2. The van der Waals surface area contributed by atoms with Crippen LogP contribution in [0.5, 0.6) is 0 Å². The van der Waals surface area contributed by atoms with Gasteiger partial charge >= 0.3 is 0 Å². The molecule has 178 valence electrons. The molecule has 2 unspecified atom stereocenters. The Morgan fingerprint density at radius 2 is 1.00 bits per heavy atom. The molecular weight excluding hydrogens is 440 g/mol. The second-order valence-electron chi connectivity index (χ2n) is 8.61. The van der Waals surface area contributed by atoms with Crippen molar-refractivity contribution in [1.29, 1.82) is 0 Å². The maximum absolute atomic E-state index is 9.22. The van der Waals surface area contributed by atoms with Crippen LogP contribution < -0.4 is 0 Å². The number of hydrogen-bond acceptors (Lipinski definition) is 10. The second-order valence-corrected chi connectivity index (χ2v) is 10.9. The highest BCUT2D eigenvalue weighted by atomic mass is 32.3. The minimum absolute atomic E-state index is 0.784. The van der Waals surface area contributed by atoms with E-state index in [2.05, 4.69) is 32.3 Å². The van der Waals surface area contributed by atoms with Gasteiger partial charge in [-0.2, -0.15) is 0 Å². The van der Waals surface area contributed by atoms with Gasteiger partial charge in [-0.3, -0.25) is 8.37 Å². The number of hydrogen-bond donors (Lipinski definition) is 0. The van der Waals surface area contributed by atoms with E-state index in [1.165, 1.54) is 74.2 Å². The highest BCUT2D eigenvalue weighted by molar-refractivity contribution is 7.81. The molecule has 0 aliphatic carbocycles. The van der Waals surface area contributed by atoms with Crippen LogP contribution in [-0.2, 0) is 29.2 Å². The minimum atomic E-state index is -4.41. The molecule has 0 aromatic heterocycles. The molecule has 4 aliphatic rings. The van der Waals surface area contributed by atoms with E-state index in [-0.39, 0.29) is 0 Å². The third-order valence-electron chi connectivity index (χ3n) is 6.73. The summed E-state index contributed by atoms with van der Waals surface area (Å²) in [6.07, 6.45) is 4.38. The molecule has 4 fully saturated rings. The molecule has 0 spiro atoms. The highest BCUT2D eigenvalue weighted by Gasteiger charge is 2.61. The SMILES string of the molecule is COS(=O)(=O)[O-].COS(=O)(=O)[O-].C[N+]12CCCN3CC[N+]4(C)CCCN(CC1)[C@H]4[C@H]32. The van der Waals surface area contributed by atoms with Crippen molar-refractivity contribution in [3.8, 4) is 0 Å². The molecule has 4 saturated heterocycles. The first kappa shape index (κ1) is 25.8. The molecule has 0 saturated carbocycles. The van der Waals surface area contributed by atoms with Gasteiger partial charge in [0.05, 0.1) is 67.6 Å². The van der Waals surface area contributed by atoms with Crippen LogP contribution in [-0.4, -0.2) is 138 Å². The van der Waals surface area contributed by atoms with E-state index < -0.39 is 20.8 Å². The Hall–Kier alpha value is -0.420. The van der Waals surface area contributed by atoms with Crippen molar-refractivity contribution in [3.63, 3.8) is 0 Å². The fraction of sp³-hybridized carbons (Fsp3) is 1.00. The summed E-state index contributed by atoms with van der Waals surface area (Å²) in [7, 11) is -2.16. The highest BCUT2D eigenvalue weighted by Crippen LogP contribution is 2.39. The lowest BCUT2D eigenvalue weighted by Gasteiger charge is -2.65. The molecule has 0 radical (unpaired) electrons. The Balaban J connectivity index is 0.000000224. The normalized spacial score (nSPS) is 36.5. The van der Waals surface area contributed by atoms with Gasteiger partial charge in [-0.25, -0.2) is 26.6 Å². The number of rotatable bonds is 2. The molecule has 0 aromatic rings. The number of quaternary nitrogens is 2. The van der Waals surface area contributed by atoms with Crippen LogP contribution in [0.4, 0.5) is 0 Å². The predicted octanol–water partition coefficient (Wildman–Crippen LogP) is -1.84. The first-order chi connectivity index (χ1) is 13.7. The monoisotopic (exact) mass is 474 g/mol. The molecule has 14 heteroatoms. The third kappa shape index (κ3) is 6.31. The first-order valence-corrected chi connectivity index (χ1v) is 12.6. The van der Waals surface area contributed by atoms with Crippen LogP contribution in [0.2, 0.25) is 0 Å². The molecule has 0 N–H and O–H groups in total. The fourth-order valence-corrected chi connectivity index (χ4v) is 5.30. The third-order valence-corrected chi connectivity index (χ3v) is 7.54. The van der Waals surface area contributed by atoms with Gasteiger partial charge in [0, 0.05) is 25.9 Å². The van der Waals surface area contributed by atoms with Crippen LogP contribution in [0.3, 0.4) is 0 Å². The van der Waals surface area contributed by atoms with Crippen molar-refractivity contribution in [1.82, 2.24) is 9.80 Å². The van der Waals surface area contributed by atoms with Gasteiger partial charge < -0.3 is 18.1 Å². The second kappa shape index (κ2) is 9.60. The first-order valence-electron chi connectivity index (χ1n) is 9.94. The van der Waals surface area contributed by atoms with E-state index >= 15 is 0 Å². The Kier molecular flexibility index (Phi) is 8.27. The van der Waals surface area contributed by atoms with Crippen molar-refractivity contribution in [2.75, 3.05) is 80.7 Å². The van der Waals surface area contributed by atoms with Crippen LogP contribution in [0.1, 0.15) is 12.8 Å².